The Morgan fingerprint density at radius 2 is 1.81 bits per heavy atom. The van der Waals surface area contributed by atoms with Crippen LogP contribution in [0.5, 0.6) is 0 Å². The van der Waals surface area contributed by atoms with Crippen LogP contribution < -0.4 is 10.6 Å². The van der Waals surface area contributed by atoms with Crippen molar-refractivity contribution in [1.82, 2.24) is 20.4 Å². The Morgan fingerprint density at radius 1 is 1.15 bits per heavy atom. The van der Waals surface area contributed by atoms with Crippen molar-refractivity contribution in [2.45, 2.75) is 65.0 Å². The van der Waals surface area contributed by atoms with Crippen molar-refractivity contribution in [2.24, 2.45) is 4.99 Å². The Morgan fingerprint density at radius 3 is 2.37 bits per heavy atom. The molecular weight excluding hydrogens is 457 g/mol. The molecular formula is C19H38IN5O2. The molecule has 2 heterocycles. The van der Waals surface area contributed by atoms with E-state index in [0.717, 1.165) is 51.4 Å². The predicted molar refractivity (Wildman–Crippen MR) is 121 cm³/mol. The van der Waals surface area contributed by atoms with Crippen LogP contribution in [0.1, 0.15) is 52.9 Å². The summed E-state index contributed by atoms with van der Waals surface area (Å²) in [5.74, 6) is 0.903. The van der Waals surface area contributed by atoms with Crippen molar-refractivity contribution in [3.8, 4) is 0 Å². The number of guanidine groups is 1. The highest BCUT2D eigenvalue weighted by molar-refractivity contribution is 14.0. The van der Waals surface area contributed by atoms with E-state index in [-0.39, 0.29) is 30.1 Å². The largest absolute Gasteiger partial charge is 0.450 e. The highest BCUT2D eigenvalue weighted by atomic mass is 127. The maximum Gasteiger partial charge on any atom is 0.409 e. The summed E-state index contributed by atoms with van der Waals surface area (Å²) in [7, 11) is 0. The van der Waals surface area contributed by atoms with Gasteiger partial charge in [0.15, 0.2) is 5.96 Å². The lowest BCUT2D eigenvalue weighted by molar-refractivity contribution is 0.0963. The molecule has 1 unspecified atom stereocenters. The van der Waals surface area contributed by atoms with Crippen LogP contribution in [-0.4, -0.2) is 79.8 Å². The second kappa shape index (κ2) is 13.4. The molecule has 0 aliphatic carbocycles. The lowest BCUT2D eigenvalue weighted by Gasteiger charge is -2.32. The molecule has 8 heteroatoms. The van der Waals surface area contributed by atoms with E-state index in [4.69, 9.17) is 9.73 Å². The first-order chi connectivity index (χ1) is 12.7. The van der Waals surface area contributed by atoms with Gasteiger partial charge in [-0.3, -0.25) is 9.89 Å². The van der Waals surface area contributed by atoms with E-state index in [1.165, 1.54) is 25.9 Å². The van der Waals surface area contributed by atoms with Crippen molar-refractivity contribution in [3.05, 3.63) is 0 Å². The van der Waals surface area contributed by atoms with Crippen LogP contribution in [0.4, 0.5) is 4.79 Å². The molecule has 2 N–H and O–H groups in total. The summed E-state index contributed by atoms with van der Waals surface area (Å²) in [5, 5.41) is 6.93. The highest BCUT2D eigenvalue weighted by Gasteiger charge is 2.24. The molecule has 2 fully saturated rings. The number of aliphatic imine (C=N–C) groups is 1. The molecule has 27 heavy (non-hydrogen) atoms. The van der Waals surface area contributed by atoms with Crippen molar-refractivity contribution in [1.29, 1.82) is 0 Å². The van der Waals surface area contributed by atoms with Crippen LogP contribution in [0, 0.1) is 0 Å². The number of carbonyl (C=O) groups excluding carboxylic acids is 1. The molecule has 158 valence electrons. The van der Waals surface area contributed by atoms with Crippen molar-refractivity contribution in [3.63, 3.8) is 0 Å². The molecule has 0 saturated carbocycles. The molecule has 2 saturated heterocycles. The summed E-state index contributed by atoms with van der Waals surface area (Å²) in [5.41, 5.74) is 0. The van der Waals surface area contributed by atoms with Crippen molar-refractivity contribution < 1.29 is 9.53 Å². The van der Waals surface area contributed by atoms with Crippen LogP contribution in [-0.2, 0) is 4.74 Å². The molecule has 1 atom stereocenters. The third kappa shape index (κ3) is 8.01. The van der Waals surface area contributed by atoms with Gasteiger partial charge in [0.1, 0.15) is 0 Å². The molecule has 0 radical (unpaired) electrons. The third-order valence-corrected chi connectivity index (χ3v) is 5.29. The summed E-state index contributed by atoms with van der Waals surface area (Å²) >= 11 is 0. The van der Waals surface area contributed by atoms with Crippen LogP contribution in [0.15, 0.2) is 4.99 Å². The number of halogens is 1. The van der Waals surface area contributed by atoms with Crippen molar-refractivity contribution >= 4 is 36.0 Å². The molecule has 7 nitrogen and oxygen atoms in total. The van der Waals surface area contributed by atoms with Crippen molar-refractivity contribution in [2.75, 3.05) is 45.9 Å². The van der Waals surface area contributed by atoms with Gasteiger partial charge in [-0.25, -0.2) is 4.79 Å². The lowest BCUT2D eigenvalue weighted by atomic mass is 10.1. The van der Waals surface area contributed by atoms with Gasteiger partial charge in [0.25, 0.3) is 0 Å². The zero-order valence-corrected chi connectivity index (χ0v) is 19.5. The lowest BCUT2D eigenvalue weighted by Crippen LogP contribution is -2.50. The van der Waals surface area contributed by atoms with Gasteiger partial charge in [-0.1, -0.05) is 6.92 Å². The Bertz CT molecular complexity index is 449. The van der Waals surface area contributed by atoms with Gasteiger partial charge in [0.2, 0.25) is 0 Å². The van der Waals surface area contributed by atoms with Gasteiger partial charge in [0.05, 0.1) is 13.2 Å². The highest BCUT2D eigenvalue weighted by Crippen LogP contribution is 2.15. The van der Waals surface area contributed by atoms with Gasteiger partial charge in [-0.2, -0.15) is 0 Å². The number of rotatable bonds is 7. The average Bonchev–Trinajstić information content (AvgIpc) is 3.17. The van der Waals surface area contributed by atoms with E-state index in [9.17, 15) is 4.79 Å². The number of carbonyl (C=O) groups is 1. The van der Waals surface area contributed by atoms with E-state index >= 15 is 0 Å². The van der Waals surface area contributed by atoms with Gasteiger partial charge in [-0.05, 0) is 59.0 Å². The molecule has 0 aromatic heterocycles. The summed E-state index contributed by atoms with van der Waals surface area (Å²) in [4.78, 5) is 21.0. The zero-order valence-electron chi connectivity index (χ0n) is 17.2. The number of nitrogens with zero attached hydrogens (tertiary/aromatic N) is 3. The van der Waals surface area contributed by atoms with E-state index < -0.39 is 0 Å². The minimum Gasteiger partial charge on any atom is -0.450 e. The first kappa shape index (κ1) is 24.3. The third-order valence-electron chi connectivity index (χ3n) is 5.29. The average molecular weight is 495 g/mol. The fraction of sp³-hybridized carbons (Fsp3) is 0.895. The van der Waals surface area contributed by atoms with Crippen LogP contribution in [0.25, 0.3) is 0 Å². The normalized spacial score (nSPS) is 20.1. The monoisotopic (exact) mass is 495 g/mol. The molecule has 0 aromatic rings. The number of hydrogen-bond acceptors (Lipinski definition) is 4. The number of hydrogen-bond donors (Lipinski definition) is 2. The van der Waals surface area contributed by atoms with Crippen LogP contribution in [0.2, 0.25) is 0 Å². The zero-order chi connectivity index (χ0) is 18.8. The second-order valence-electron chi connectivity index (χ2n) is 7.13. The first-order valence-electron chi connectivity index (χ1n) is 10.4. The molecule has 2 aliphatic heterocycles. The maximum atomic E-state index is 11.8. The van der Waals surface area contributed by atoms with Gasteiger partial charge < -0.3 is 20.3 Å². The minimum absolute atomic E-state index is 0. The predicted octanol–water partition coefficient (Wildman–Crippen LogP) is 2.65. The van der Waals surface area contributed by atoms with Gasteiger partial charge >= 0.3 is 6.09 Å². The molecule has 0 bridgehead atoms. The second-order valence-corrected chi connectivity index (χ2v) is 7.13. The molecule has 2 aliphatic rings. The van der Waals surface area contributed by atoms with Gasteiger partial charge in [-0.15, -0.1) is 24.0 Å². The Balaban J connectivity index is 0.00000364. The number of piperidine rings is 1. The fourth-order valence-electron chi connectivity index (χ4n) is 3.74. The molecule has 0 spiro atoms. The summed E-state index contributed by atoms with van der Waals surface area (Å²) < 4.78 is 5.09. The Labute approximate surface area is 181 Å². The van der Waals surface area contributed by atoms with E-state index in [1.807, 2.05) is 6.92 Å². The molecule has 1 amide bonds. The molecule has 2 rings (SSSR count). The smallest absolute Gasteiger partial charge is 0.409 e. The fourth-order valence-corrected chi connectivity index (χ4v) is 3.74. The quantitative estimate of drug-likeness (QED) is 0.323. The molecule has 0 aromatic carbocycles. The van der Waals surface area contributed by atoms with E-state index in [2.05, 4.69) is 29.4 Å². The summed E-state index contributed by atoms with van der Waals surface area (Å²) in [6, 6.07) is 0.893. The Kier molecular flexibility index (Phi) is 12.1. The van der Waals surface area contributed by atoms with E-state index in [1.54, 1.807) is 4.90 Å². The number of likely N-dealkylation sites (tertiary alicyclic amines) is 2. The minimum atomic E-state index is -0.192. The SMILES string of the molecule is CCNC(=NCC(CC)N1CCCC1)NC1CCN(C(=O)OCC)CC1.I. The topological polar surface area (TPSA) is 69.2 Å². The van der Waals surface area contributed by atoms with Crippen LogP contribution in [0.3, 0.4) is 0 Å². The van der Waals surface area contributed by atoms with E-state index in [0.29, 0.717) is 18.7 Å². The first-order valence-corrected chi connectivity index (χ1v) is 10.4. The Hall–Kier alpha value is -0.770. The number of ether oxygens (including phenoxy) is 1. The number of nitrogens with one attached hydrogen (secondary N) is 2. The van der Waals surface area contributed by atoms with Gasteiger partial charge in [0, 0.05) is 31.7 Å². The van der Waals surface area contributed by atoms with Crippen LogP contribution >= 0.6 is 24.0 Å². The summed E-state index contributed by atoms with van der Waals surface area (Å²) in [6.07, 6.45) is 5.43. The maximum absolute atomic E-state index is 11.8. The summed E-state index contributed by atoms with van der Waals surface area (Å²) in [6.45, 7) is 12.2. The standard InChI is InChI=1S/C19H37N5O2.HI/c1-4-17(23-11-7-8-12-23)15-21-18(20-5-2)22-16-9-13-24(14-10-16)19(25)26-6-3;/h16-17H,4-15H2,1-3H3,(H2,20,21,22);1H. The number of amides is 1.